The van der Waals surface area contributed by atoms with Crippen molar-refractivity contribution in [2.24, 2.45) is 5.14 Å². The first kappa shape index (κ1) is 23.3. The number of alkyl halides is 1. The zero-order valence-electron chi connectivity index (χ0n) is 18.3. The summed E-state index contributed by atoms with van der Waals surface area (Å²) in [5, 5.41) is 8.26. The summed E-state index contributed by atoms with van der Waals surface area (Å²) >= 11 is 0. The molecule has 0 bridgehead atoms. The smallest absolute Gasteiger partial charge is 0.238 e. The largest absolute Gasteiger partial charge is 0.373 e. The van der Waals surface area contributed by atoms with Crippen LogP contribution >= 0.6 is 0 Å². The Morgan fingerprint density at radius 1 is 1.09 bits per heavy atom. The molecule has 1 saturated carbocycles. The molecule has 1 aliphatic rings. The Bertz CT molecular complexity index is 1190. The first-order chi connectivity index (χ1) is 15.8. The minimum absolute atomic E-state index is 0.134. The lowest BCUT2D eigenvalue weighted by Gasteiger charge is -2.35. The number of aromatic nitrogens is 2. The second-order valence-electron chi connectivity index (χ2n) is 8.56. The quantitative estimate of drug-likeness (QED) is 0.491. The van der Waals surface area contributed by atoms with Crippen LogP contribution in [0.3, 0.4) is 0 Å². The van der Waals surface area contributed by atoms with Crippen LogP contribution in [-0.2, 0) is 26.9 Å². The third kappa shape index (κ3) is 5.38. The molecule has 1 atom stereocenters. The van der Waals surface area contributed by atoms with E-state index in [-0.39, 0.29) is 22.5 Å². The Morgan fingerprint density at radius 3 is 2.36 bits per heavy atom. The van der Waals surface area contributed by atoms with Crippen LogP contribution in [0.25, 0.3) is 0 Å². The molecule has 0 radical (unpaired) electrons. The molecule has 174 valence electrons. The van der Waals surface area contributed by atoms with Gasteiger partial charge in [-0.3, -0.25) is 0 Å². The van der Waals surface area contributed by atoms with E-state index < -0.39 is 22.2 Å². The minimum Gasteiger partial charge on any atom is -0.373 e. The van der Waals surface area contributed by atoms with E-state index in [1.165, 1.54) is 12.1 Å². The van der Waals surface area contributed by atoms with Crippen LogP contribution in [0.1, 0.15) is 42.4 Å². The van der Waals surface area contributed by atoms with Gasteiger partial charge in [0.15, 0.2) is 0 Å². The number of hydrogen-bond donors (Lipinski definition) is 2. The first-order valence-electron chi connectivity index (χ1n) is 10.7. The second-order valence-corrected chi connectivity index (χ2v) is 10.1. The number of benzene rings is 2. The van der Waals surface area contributed by atoms with E-state index in [1.54, 1.807) is 31.5 Å². The van der Waals surface area contributed by atoms with Crippen molar-refractivity contribution in [1.82, 2.24) is 9.97 Å². The number of halogens is 1. The first-order valence-corrected chi connectivity index (χ1v) is 12.3. The maximum absolute atomic E-state index is 14.1. The average Bonchev–Trinajstić information content (AvgIpc) is 2.79. The van der Waals surface area contributed by atoms with Crippen molar-refractivity contribution >= 4 is 16.0 Å². The molecular weight excluding hydrogens is 443 g/mol. The van der Waals surface area contributed by atoms with Gasteiger partial charge in [0.25, 0.3) is 0 Å². The molecule has 0 spiro atoms. The normalized spacial score (nSPS) is 20.0. The molecule has 3 N–H and O–H groups in total. The zero-order valence-corrected chi connectivity index (χ0v) is 19.1. The van der Waals surface area contributed by atoms with Gasteiger partial charge in [-0.2, -0.15) is 0 Å². The third-order valence-electron chi connectivity index (χ3n) is 6.01. The van der Waals surface area contributed by atoms with E-state index >= 15 is 0 Å². The number of hydrogen-bond acceptors (Lipinski definition) is 6. The van der Waals surface area contributed by atoms with Gasteiger partial charge in [-0.05, 0) is 48.4 Å². The van der Waals surface area contributed by atoms with Crippen molar-refractivity contribution < 1.29 is 17.5 Å². The highest BCUT2D eigenvalue weighted by Crippen LogP contribution is 2.39. The van der Waals surface area contributed by atoms with E-state index in [4.69, 9.17) is 9.88 Å². The van der Waals surface area contributed by atoms with Crippen molar-refractivity contribution in [3.8, 4) is 0 Å². The third-order valence-corrected chi connectivity index (χ3v) is 6.98. The predicted molar refractivity (Wildman–Crippen MR) is 124 cm³/mol. The average molecular weight is 471 g/mol. The fraction of sp³-hybridized carbons (Fsp3) is 0.333. The van der Waals surface area contributed by atoms with Crippen molar-refractivity contribution in [2.45, 2.75) is 48.8 Å². The summed E-state index contributed by atoms with van der Waals surface area (Å²) in [5.41, 5.74) is 1.00. The van der Waals surface area contributed by atoms with Gasteiger partial charge in [0.05, 0.1) is 23.1 Å². The van der Waals surface area contributed by atoms with E-state index in [2.05, 4.69) is 15.3 Å². The lowest BCUT2D eigenvalue weighted by atomic mass is 9.78. The van der Waals surface area contributed by atoms with Crippen LogP contribution in [0.2, 0.25) is 0 Å². The van der Waals surface area contributed by atoms with Gasteiger partial charge in [0.2, 0.25) is 16.0 Å². The molecule has 0 aliphatic heterocycles. The Balaban J connectivity index is 1.39. The topological polar surface area (TPSA) is 107 Å². The van der Waals surface area contributed by atoms with Gasteiger partial charge in [-0.15, -0.1) is 0 Å². The number of nitrogens with one attached hydrogen (secondary N) is 1. The Kier molecular flexibility index (Phi) is 6.73. The fourth-order valence-electron chi connectivity index (χ4n) is 3.97. The molecule has 2 aromatic carbocycles. The van der Waals surface area contributed by atoms with Crippen LogP contribution in [0.5, 0.6) is 0 Å². The van der Waals surface area contributed by atoms with Crippen molar-refractivity contribution in [2.75, 3.05) is 12.0 Å². The van der Waals surface area contributed by atoms with Gasteiger partial charge in [0, 0.05) is 12.4 Å². The van der Waals surface area contributed by atoms with E-state index in [0.29, 0.717) is 12.5 Å². The van der Waals surface area contributed by atoms with Crippen LogP contribution in [0.15, 0.2) is 71.9 Å². The lowest BCUT2D eigenvalue weighted by molar-refractivity contribution is -0.0208. The number of nitrogens with two attached hydrogens (primary N) is 1. The number of ether oxygens (including phenoxy) is 1. The lowest BCUT2D eigenvalue weighted by Crippen LogP contribution is -2.37. The van der Waals surface area contributed by atoms with Gasteiger partial charge in [-0.25, -0.2) is 27.9 Å². The number of nitrogens with zero attached hydrogens (tertiary/aromatic N) is 2. The number of primary sulfonamides is 1. The van der Waals surface area contributed by atoms with Gasteiger partial charge in [0.1, 0.15) is 6.67 Å². The zero-order chi connectivity index (χ0) is 23.5. The summed E-state index contributed by atoms with van der Waals surface area (Å²) < 4.78 is 44.0. The molecule has 0 amide bonds. The highest BCUT2D eigenvalue weighted by Gasteiger charge is 2.34. The molecule has 1 aliphatic carbocycles. The Morgan fingerprint density at radius 2 is 1.73 bits per heavy atom. The van der Waals surface area contributed by atoms with Crippen LogP contribution in [0, 0.1) is 0 Å². The Hall–Kier alpha value is -2.88. The summed E-state index contributed by atoms with van der Waals surface area (Å²) in [5.74, 6) is 0.523. The highest BCUT2D eigenvalue weighted by molar-refractivity contribution is 7.89. The molecule has 9 heteroatoms. The summed E-state index contributed by atoms with van der Waals surface area (Å²) in [4.78, 5) is 8.55. The maximum atomic E-state index is 14.1. The van der Waals surface area contributed by atoms with Crippen molar-refractivity contribution in [3.63, 3.8) is 0 Å². The molecule has 7 nitrogen and oxygen atoms in total. The standard InChI is InChI=1S/C24H27FN4O3S/c1-24(16-25,21-9-5-6-10-22(21)33(26,30)31)29-23-27-13-19(14-28-23)18-11-20(12-18)32-15-17-7-3-2-4-8-17/h2-10,13-14,18,20H,11-12,15-16H2,1H3,(H2,26,30,31)(H,27,28,29). The molecule has 1 unspecified atom stereocenters. The molecule has 1 heterocycles. The predicted octanol–water partition coefficient (Wildman–Crippen LogP) is 3.88. The van der Waals surface area contributed by atoms with Gasteiger partial charge in [-0.1, -0.05) is 48.5 Å². The maximum Gasteiger partial charge on any atom is 0.238 e. The molecular formula is C24H27FN4O3S. The molecule has 1 aromatic heterocycles. The summed E-state index contributed by atoms with van der Waals surface area (Å²) in [6.45, 7) is 1.27. The summed E-state index contributed by atoms with van der Waals surface area (Å²) in [6.07, 6.45) is 5.44. The van der Waals surface area contributed by atoms with Gasteiger partial charge >= 0.3 is 0 Å². The van der Waals surface area contributed by atoms with E-state index in [0.717, 1.165) is 24.0 Å². The number of sulfonamides is 1. The Labute approximate surface area is 193 Å². The molecule has 3 aromatic rings. The van der Waals surface area contributed by atoms with E-state index in [9.17, 15) is 12.8 Å². The number of rotatable bonds is 9. The SMILES string of the molecule is CC(CF)(Nc1ncc(C2CC(OCc3ccccc3)C2)cn1)c1ccccc1S(N)(=O)=O. The second kappa shape index (κ2) is 9.54. The van der Waals surface area contributed by atoms with Crippen molar-refractivity contribution in [3.05, 3.63) is 83.7 Å². The fourth-order valence-corrected chi connectivity index (χ4v) is 4.83. The van der Waals surface area contributed by atoms with Crippen molar-refractivity contribution in [1.29, 1.82) is 0 Å². The number of anilines is 1. The monoisotopic (exact) mass is 470 g/mol. The molecule has 4 rings (SSSR count). The van der Waals surface area contributed by atoms with Crippen LogP contribution in [-0.4, -0.2) is 31.2 Å². The molecule has 1 fully saturated rings. The van der Waals surface area contributed by atoms with E-state index in [1.807, 2.05) is 30.3 Å². The molecule has 33 heavy (non-hydrogen) atoms. The van der Waals surface area contributed by atoms with Gasteiger partial charge < -0.3 is 10.1 Å². The van der Waals surface area contributed by atoms with Crippen LogP contribution in [0.4, 0.5) is 10.3 Å². The minimum atomic E-state index is -4.02. The summed E-state index contributed by atoms with van der Waals surface area (Å²) in [6, 6.07) is 16.1. The van der Waals surface area contributed by atoms with Crippen LogP contribution < -0.4 is 10.5 Å². The summed E-state index contributed by atoms with van der Waals surface area (Å²) in [7, 11) is -4.02. The molecule has 0 saturated heterocycles. The highest BCUT2D eigenvalue weighted by atomic mass is 32.2.